The lowest BCUT2D eigenvalue weighted by Crippen LogP contribution is -2.16. The van der Waals surface area contributed by atoms with Gasteiger partial charge in [-0.1, -0.05) is 18.2 Å². The highest BCUT2D eigenvalue weighted by atomic mass is 16.5. The normalized spacial score (nSPS) is 10.3. The van der Waals surface area contributed by atoms with Gasteiger partial charge in [-0.3, -0.25) is 4.79 Å². The van der Waals surface area contributed by atoms with Crippen molar-refractivity contribution in [1.29, 1.82) is 0 Å². The number of methoxy groups -OCH3 is 2. The summed E-state index contributed by atoms with van der Waals surface area (Å²) in [6.45, 7) is 2.63. The fourth-order valence-electron chi connectivity index (χ4n) is 2.81. The summed E-state index contributed by atoms with van der Waals surface area (Å²) in [6, 6.07) is 15.1. The predicted molar refractivity (Wildman–Crippen MR) is 113 cm³/mol. The summed E-state index contributed by atoms with van der Waals surface area (Å²) in [4.78, 5) is 20.9. The number of ether oxygens (including phenoxy) is 2. The molecule has 1 amide bonds. The van der Waals surface area contributed by atoms with Crippen molar-refractivity contribution in [2.45, 2.75) is 13.3 Å². The van der Waals surface area contributed by atoms with Gasteiger partial charge < -0.3 is 20.1 Å². The SMILES string of the molecule is COc1ccc(CCNc2cc(C(=O)Nc3cc(C)ccc3OC)ncn2)cc1. The number of nitrogens with zero attached hydrogens (tertiary/aromatic N) is 2. The Morgan fingerprint density at radius 1 is 1.00 bits per heavy atom. The van der Waals surface area contributed by atoms with Crippen LogP contribution in [-0.2, 0) is 6.42 Å². The van der Waals surface area contributed by atoms with E-state index in [1.54, 1.807) is 20.3 Å². The molecular formula is C22H24N4O3. The molecule has 0 bridgehead atoms. The first-order valence-electron chi connectivity index (χ1n) is 9.24. The Kier molecular flexibility index (Phi) is 6.63. The molecule has 0 spiro atoms. The van der Waals surface area contributed by atoms with Crippen LogP contribution in [0.25, 0.3) is 0 Å². The zero-order valence-corrected chi connectivity index (χ0v) is 16.7. The molecule has 0 saturated carbocycles. The number of anilines is 2. The van der Waals surface area contributed by atoms with Crippen molar-refractivity contribution < 1.29 is 14.3 Å². The summed E-state index contributed by atoms with van der Waals surface area (Å²) in [6.07, 6.45) is 2.19. The molecule has 0 unspecified atom stereocenters. The Hall–Kier alpha value is -3.61. The lowest BCUT2D eigenvalue weighted by molar-refractivity contribution is 0.102. The van der Waals surface area contributed by atoms with E-state index in [0.29, 0.717) is 23.8 Å². The van der Waals surface area contributed by atoms with Crippen molar-refractivity contribution in [3.8, 4) is 11.5 Å². The van der Waals surface area contributed by atoms with E-state index in [9.17, 15) is 4.79 Å². The number of benzene rings is 2. The maximum absolute atomic E-state index is 12.6. The van der Waals surface area contributed by atoms with Crippen molar-refractivity contribution in [2.24, 2.45) is 0 Å². The van der Waals surface area contributed by atoms with Gasteiger partial charge in [-0.25, -0.2) is 9.97 Å². The molecule has 0 saturated heterocycles. The summed E-state index contributed by atoms with van der Waals surface area (Å²) in [5, 5.41) is 6.07. The van der Waals surface area contributed by atoms with Crippen molar-refractivity contribution in [2.75, 3.05) is 31.4 Å². The molecule has 2 N–H and O–H groups in total. The maximum atomic E-state index is 12.6. The van der Waals surface area contributed by atoms with Gasteiger partial charge in [0.15, 0.2) is 0 Å². The van der Waals surface area contributed by atoms with E-state index >= 15 is 0 Å². The zero-order chi connectivity index (χ0) is 20.6. The Morgan fingerprint density at radius 3 is 2.52 bits per heavy atom. The van der Waals surface area contributed by atoms with Gasteiger partial charge >= 0.3 is 0 Å². The van der Waals surface area contributed by atoms with Crippen LogP contribution in [0.15, 0.2) is 54.9 Å². The number of carbonyl (C=O) groups is 1. The predicted octanol–water partition coefficient (Wildman–Crippen LogP) is 3.71. The lowest BCUT2D eigenvalue weighted by Gasteiger charge is -2.11. The van der Waals surface area contributed by atoms with E-state index in [-0.39, 0.29) is 11.6 Å². The average molecular weight is 392 g/mol. The maximum Gasteiger partial charge on any atom is 0.274 e. The molecule has 1 heterocycles. The third-order valence-electron chi connectivity index (χ3n) is 4.38. The van der Waals surface area contributed by atoms with Gasteiger partial charge in [-0.05, 0) is 48.7 Å². The molecule has 150 valence electrons. The summed E-state index contributed by atoms with van der Waals surface area (Å²) in [5.74, 6) is 1.69. The van der Waals surface area contributed by atoms with Crippen LogP contribution in [0.4, 0.5) is 11.5 Å². The minimum atomic E-state index is -0.325. The number of nitrogens with one attached hydrogen (secondary N) is 2. The summed E-state index contributed by atoms with van der Waals surface area (Å²) >= 11 is 0. The van der Waals surface area contributed by atoms with E-state index in [0.717, 1.165) is 17.7 Å². The molecule has 0 atom stereocenters. The van der Waals surface area contributed by atoms with Crippen molar-refractivity contribution in [3.05, 3.63) is 71.7 Å². The first-order chi connectivity index (χ1) is 14.1. The van der Waals surface area contributed by atoms with Gasteiger partial charge in [-0.2, -0.15) is 0 Å². The van der Waals surface area contributed by atoms with E-state index in [1.165, 1.54) is 11.9 Å². The van der Waals surface area contributed by atoms with Gasteiger partial charge in [0.2, 0.25) is 0 Å². The van der Waals surface area contributed by atoms with Crippen LogP contribution >= 0.6 is 0 Å². The monoisotopic (exact) mass is 392 g/mol. The van der Waals surface area contributed by atoms with Gasteiger partial charge in [-0.15, -0.1) is 0 Å². The topological polar surface area (TPSA) is 85.4 Å². The lowest BCUT2D eigenvalue weighted by atomic mass is 10.1. The Morgan fingerprint density at radius 2 is 1.79 bits per heavy atom. The number of hydrogen-bond acceptors (Lipinski definition) is 6. The van der Waals surface area contributed by atoms with Crippen LogP contribution < -0.4 is 20.1 Å². The Labute approximate surface area is 170 Å². The average Bonchev–Trinajstić information content (AvgIpc) is 2.74. The van der Waals surface area contributed by atoms with Crippen LogP contribution in [0.2, 0.25) is 0 Å². The van der Waals surface area contributed by atoms with E-state index in [2.05, 4.69) is 20.6 Å². The fraction of sp³-hybridized carbons (Fsp3) is 0.227. The zero-order valence-electron chi connectivity index (χ0n) is 16.7. The molecule has 3 rings (SSSR count). The van der Waals surface area contributed by atoms with Gasteiger partial charge in [0.25, 0.3) is 5.91 Å². The van der Waals surface area contributed by atoms with Crippen LogP contribution in [0.1, 0.15) is 21.6 Å². The molecular weight excluding hydrogens is 368 g/mol. The largest absolute Gasteiger partial charge is 0.497 e. The van der Waals surface area contributed by atoms with Gasteiger partial charge in [0.1, 0.15) is 29.3 Å². The number of carbonyl (C=O) groups excluding carboxylic acids is 1. The highest BCUT2D eigenvalue weighted by molar-refractivity contribution is 6.04. The summed E-state index contributed by atoms with van der Waals surface area (Å²) in [7, 11) is 3.21. The van der Waals surface area contributed by atoms with Crippen molar-refractivity contribution in [1.82, 2.24) is 9.97 Å². The molecule has 0 aliphatic carbocycles. The van der Waals surface area contributed by atoms with Gasteiger partial charge in [0.05, 0.1) is 19.9 Å². The standard InChI is InChI=1S/C22H24N4O3/c1-15-4-9-20(29-3)18(12-15)26-22(27)19-13-21(25-14-24-19)23-11-10-16-5-7-17(28-2)8-6-16/h4-9,12-14H,10-11H2,1-3H3,(H,26,27)(H,23,24,25). The second-order valence-corrected chi connectivity index (χ2v) is 6.47. The molecule has 7 nitrogen and oxygen atoms in total. The molecule has 0 radical (unpaired) electrons. The molecule has 7 heteroatoms. The minimum Gasteiger partial charge on any atom is -0.497 e. The smallest absolute Gasteiger partial charge is 0.274 e. The van der Waals surface area contributed by atoms with E-state index < -0.39 is 0 Å². The van der Waals surface area contributed by atoms with Crippen LogP contribution in [0.3, 0.4) is 0 Å². The Bertz CT molecular complexity index is 974. The molecule has 1 aromatic heterocycles. The third-order valence-corrected chi connectivity index (χ3v) is 4.38. The number of aromatic nitrogens is 2. The fourth-order valence-corrected chi connectivity index (χ4v) is 2.81. The van der Waals surface area contributed by atoms with E-state index in [4.69, 9.17) is 9.47 Å². The van der Waals surface area contributed by atoms with Crippen LogP contribution in [0, 0.1) is 6.92 Å². The van der Waals surface area contributed by atoms with Crippen LogP contribution in [0.5, 0.6) is 11.5 Å². The first kappa shape index (κ1) is 20.1. The Balaban J connectivity index is 1.61. The second kappa shape index (κ2) is 9.54. The highest BCUT2D eigenvalue weighted by Gasteiger charge is 2.12. The molecule has 2 aromatic carbocycles. The molecule has 0 fully saturated rings. The molecule has 0 aliphatic heterocycles. The van der Waals surface area contributed by atoms with E-state index in [1.807, 2.05) is 49.4 Å². The second-order valence-electron chi connectivity index (χ2n) is 6.47. The molecule has 3 aromatic rings. The van der Waals surface area contributed by atoms with Crippen molar-refractivity contribution in [3.63, 3.8) is 0 Å². The molecule has 29 heavy (non-hydrogen) atoms. The summed E-state index contributed by atoms with van der Waals surface area (Å²) in [5.41, 5.74) is 3.07. The minimum absolute atomic E-state index is 0.274. The number of amides is 1. The third kappa shape index (κ3) is 5.44. The molecule has 0 aliphatic rings. The number of aryl methyl sites for hydroxylation is 1. The van der Waals surface area contributed by atoms with Crippen molar-refractivity contribution >= 4 is 17.4 Å². The highest BCUT2D eigenvalue weighted by Crippen LogP contribution is 2.25. The number of hydrogen-bond donors (Lipinski definition) is 2. The number of rotatable bonds is 8. The summed E-state index contributed by atoms with van der Waals surface area (Å²) < 4.78 is 10.5. The van der Waals surface area contributed by atoms with Crippen LogP contribution in [-0.4, -0.2) is 36.6 Å². The first-order valence-corrected chi connectivity index (χ1v) is 9.24. The van der Waals surface area contributed by atoms with Gasteiger partial charge in [0, 0.05) is 12.6 Å². The quantitative estimate of drug-likeness (QED) is 0.608.